The van der Waals surface area contributed by atoms with Gasteiger partial charge in [-0.25, -0.2) is 4.39 Å². The quantitative estimate of drug-likeness (QED) is 0.393. The summed E-state index contributed by atoms with van der Waals surface area (Å²) in [5, 5.41) is 11.4. The number of nitrogens with zero attached hydrogens (tertiary/aromatic N) is 2. The number of benzene rings is 1. The van der Waals surface area contributed by atoms with E-state index in [4.69, 9.17) is 15.7 Å². The molecular weight excluding hydrogens is 317 g/mol. The standard InChI is InChI=1S/C12H9BrFN3O2/c13-9-2-1-7(14)5-11(9)19-8-3-4-16-10(6-8)12(15)17-18/h1-6,18H,(H2,15,17). The molecule has 19 heavy (non-hydrogen) atoms. The van der Waals surface area contributed by atoms with Gasteiger partial charge in [-0.3, -0.25) is 4.98 Å². The van der Waals surface area contributed by atoms with Gasteiger partial charge in [-0.2, -0.15) is 0 Å². The monoisotopic (exact) mass is 325 g/mol. The third-order valence-corrected chi connectivity index (χ3v) is 2.88. The fourth-order valence-corrected chi connectivity index (χ4v) is 1.68. The van der Waals surface area contributed by atoms with Crippen LogP contribution in [0.2, 0.25) is 0 Å². The van der Waals surface area contributed by atoms with Crippen LogP contribution in [0.4, 0.5) is 4.39 Å². The Morgan fingerprint density at radius 1 is 1.37 bits per heavy atom. The summed E-state index contributed by atoms with van der Waals surface area (Å²) in [6.07, 6.45) is 1.44. The Labute approximate surface area is 116 Å². The zero-order valence-corrected chi connectivity index (χ0v) is 11.1. The maximum Gasteiger partial charge on any atom is 0.188 e. The highest BCUT2D eigenvalue weighted by molar-refractivity contribution is 9.10. The molecule has 0 aliphatic heterocycles. The van der Waals surface area contributed by atoms with E-state index < -0.39 is 5.82 Å². The summed E-state index contributed by atoms with van der Waals surface area (Å²) < 4.78 is 19.2. The average Bonchev–Trinajstić information content (AvgIpc) is 2.42. The number of hydrogen-bond donors (Lipinski definition) is 2. The second-order valence-corrected chi connectivity index (χ2v) is 4.39. The number of amidine groups is 1. The topological polar surface area (TPSA) is 80.7 Å². The zero-order chi connectivity index (χ0) is 13.8. The molecule has 0 fully saturated rings. The first-order valence-corrected chi connectivity index (χ1v) is 5.96. The lowest BCUT2D eigenvalue weighted by molar-refractivity contribution is 0.318. The van der Waals surface area contributed by atoms with E-state index in [1.165, 1.54) is 30.5 Å². The minimum Gasteiger partial charge on any atom is -0.456 e. The number of halogens is 2. The number of ether oxygens (including phenoxy) is 1. The summed E-state index contributed by atoms with van der Waals surface area (Å²) in [4.78, 5) is 3.91. The van der Waals surface area contributed by atoms with Crippen molar-refractivity contribution in [2.24, 2.45) is 10.9 Å². The van der Waals surface area contributed by atoms with E-state index in [2.05, 4.69) is 26.1 Å². The summed E-state index contributed by atoms with van der Waals surface area (Å²) in [5.74, 6) is 0.159. The van der Waals surface area contributed by atoms with E-state index in [9.17, 15) is 4.39 Å². The van der Waals surface area contributed by atoms with Crippen molar-refractivity contribution in [2.45, 2.75) is 0 Å². The third kappa shape index (κ3) is 3.19. The van der Waals surface area contributed by atoms with Crippen LogP contribution in [0, 0.1) is 5.82 Å². The van der Waals surface area contributed by atoms with Gasteiger partial charge in [0.2, 0.25) is 0 Å². The molecule has 2 rings (SSSR count). The van der Waals surface area contributed by atoms with Crippen LogP contribution in [-0.4, -0.2) is 16.0 Å². The van der Waals surface area contributed by atoms with Gasteiger partial charge in [0, 0.05) is 18.3 Å². The van der Waals surface area contributed by atoms with E-state index in [0.29, 0.717) is 16.0 Å². The lowest BCUT2D eigenvalue weighted by atomic mass is 10.3. The fraction of sp³-hybridized carbons (Fsp3) is 0. The van der Waals surface area contributed by atoms with E-state index in [0.717, 1.165) is 0 Å². The van der Waals surface area contributed by atoms with Crippen LogP contribution in [0.1, 0.15) is 5.69 Å². The highest BCUT2D eigenvalue weighted by Crippen LogP contribution is 2.30. The van der Waals surface area contributed by atoms with Crippen LogP contribution in [-0.2, 0) is 0 Å². The second kappa shape index (κ2) is 5.66. The number of oxime groups is 1. The predicted molar refractivity (Wildman–Crippen MR) is 70.9 cm³/mol. The van der Waals surface area contributed by atoms with Gasteiger partial charge < -0.3 is 15.7 Å². The Kier molecular flexibility index (Phi) is 3.96. The van der Waals surface area contributed by atoms with Gasteiger partial charge in [-0.05, 0) is 34.1 Å². The van der Waals surface area contributed by atoms with Gasteiger partial charge >= 0.3 is 0 Å². The largest absolute Gasteiger partial charge is 0.456 e. The van der Waals surface area contributed by atoms with Crippen molar-refractivity contribution >= 4 is 21.8 Å². The van der Waals surface area contributed by atoms with Crippen molar-refractivity contribution in [3.8, 4) is 11.5 Å². The van der Waals surface area contributed by atoms with Crippen LogP contribution in [0.25, 0.3) is 0 Å². The molecule has 0 aliphatic carbocycles. The summed E-state index contributed by atoms with van der Waals surface area (Å²) in [6, 6.07) is 7.15. The van der Waals surface area contributed by atoms with Gasteiger partial charge in [-0.1, -0.05) is 5.16 Å². The molecule has 0 amide bonds. The van der Waals surface area contributed by atoms with Crippen LogP contribution < -0.4 is 10.5 Å². The van der Waals surface area contributed by atoms with E-state index in [1.54, 1.807) is 6.07 Å². The van der Waals surface area contributed by atoms with Gasteiger partial charge in [0.1, 0.15) is 23.0 Å². The van der Waals surface area contributed by atoms with E-state index in [-0.39, 0.29) is 11.5 Å². The number of rotatable bonds is 3. The SMILES string of the molecule is N/C(=N/O)c1cc(Oc2cc(F)ccc2Br)ccn1. The first kappa shape index (κ1) is 13.3. The van der Waals surface area contributed by atoms with E-state index in [1.807, 2.05) is 0 Å². The Hall–Kier alpha value is -2.15. The summed E-state index contributed by atoms with van der Waals surface area (Å²) in [7, 11) is 0. The molecular formula is C12H9BrFN3O2. The van der Waals surface area contributed by atoms with Crippen LogP contribution in [0.3, 0.4) is 0 Å². The molecule has 0 saturated heterocycles. The van der Waals surface area contributed by atoms with Crippen molar-refractivity contribution in [2.75, 3.05) is 0 Å². The lowest BCUT2D eigenvalue weighted by Crippen LogP contribution is -2.14. The average molecular weight is 326 g/mol. The Morgan fingerprint density at radius 3 is 2.89 bits per heavy atom. The van der Waals surface area contributed by atoms with Gasteiger partial charge in [0.05, 0.1) is 4.47 Å². The predicted octanol–water partition coefficient (Wildman–Crippen LogP) is 2.87. The molecule has 1 aromatic heterocycles. The number of nitrogens with two attached hydrogens (primary N) is 1. The third-order valence-electron chi connectivity index (χ3n) is 2.22. The minimum atomic E-state index is -0.413. The molecule has 5 nitrogen and oxygen atoms in total. The Bertz CT molecular complexity index is 634. The molecule has 0 unspecified atom stereocenters. The number of hydrogen-bond acceptors (Lipinski definition) is 4. The highest BCUT2D eigenvalue weighted by Gasteiger charge is 2.07. The van der Waals surface area contributed by atoms with E-state index >= 15 is 0 Å². The van der Waals surface area contributed by atoms with Crippen molar-refractivity contribution < 1.29 is 14.3 Å². The molecule has 98 valence electrons. The van der Waals surface area contributed by atoms with Gasteiger partial charge in [-0.15, -0.1) is 0 Å². The van der Waals surface area contributed by atoms with Crippen molar-refractivity contribution in [3.05, 3.63) is 52.5 Å². The van der Waals surface area contributed by atoms with Gasteiger partial charge in [0.15, 0.2) is 5.84 Å². The summed E-state index contributed by atoms with van der Waals surface area (Å²) in [6.45, 7) is 0. The van der Waals surface area contributed by atoms with Crippen LogP contribution in [0.5, 0.6) is 11.5 Å². The maximum absolute atomic E-state index is 13.1. The first-order valence-electron chi connectivity index (χ1n) is 5.17. The Balaban J connectivity index is 2.31. The molecule has 0 bridgehead atoms. The molecule has 0 spiro atoms. The Morgan fingerprint density at radius 2 is 2.16 bits per heavy atom. The molecule has 2 aromatic rings. The number of aromatic nitrogens is 1. The van der Waals surface area contributed by atoms with Crippen molar-refractivity contribution in [1.29, 1.82) is 0 Å². The lowest BCUT2D eigenvalue weighted by Gasteiger charge is -2.08. The molecule has 0 radical (unpaired) electrons. The van der Waals surface area contributed by atoms with Gasteiger partial charge in [0.25, 0.3) is 0 Å². The smallest absolute Gasteiger partial charge is 0.188 e. The molecule has 0 aliphatic rings. The highest BCUT2D eigenvalue weighted by atomic mass is 79.9. The molecule has 0 saturated carbocycles. The summed E-state index contributed by atoms with van der Waals surface area (Å²) >= 11 is 3.25. The molecule has 1 aromatic carbocycles. The zero-order valence-electron chi connectivity index (χ0n) is 9.55. The number of pyridine rings is 1. The second-order valence-electron chi connectivity index (χ2n) is 3.54. The van der Waals surface area contributed by atoms with Crippen LogP contribution >= 0.6 is 15.9 Å². The summed E-state index contributed by atoms with van der Waals surface area (Å²) in [5.41, 5.74) is 5.68. The van der Waals surface area contributed by atoms with Crippen molar-refractivity contribution in [3.63, 3.8) is 0 Å². The molecule has 7 heteroatoms. The molecule has 0 atom stereocenters. The van der Waals surface area contributed by atoms with Crippen LogP contribution in [0.15, 0.2) is 46.2 Å². The first-order chi connectivity index (χ1) is 9.10. The fourth-order valence-electron chi connectivity index (χ4n) is 1.35. The minimum absolute atomic E-state index is 0.135. The maximum atomic E-state index is 13.1. The molecule has 1 heterocycles. The molecule has 3 N–H and O–H groups in total. The van der Waals surface area contributed by atoms with Crippen molar-refractivity contribution in [1.82, 2.24) is 4.98 Å². The normalized spacial score (nSPS) is 11.4.